The van der Waals surface area contributed by atoms with Crippen LogP contribution in [0.25, 0.3) is 5.78 Å². The van der Waals surface area contributed by atoms with Gasteiger partial charge in [-0.1, -0.05) is 13.8 Å². The molecule has 92 valence electrons. The zero-order chi connectivity index (χ0) is 12.8. The van der Waals surface area contributed by atoms with Crippen LogP contribution in [-0.2, 0) is 6.18 Å². The van der Waals surface area contributed by atoms with Crippen LogP contribution in [0.15, 0.2) is 10.9 Å². The van der Waals surface area contributed by atoms with Gasteiger partial charge in [0.05, 0.1) is 5.69 Å². The maximum absolute atomic E-state index is 12.4. The van der Waals surface area contributed by atoms with Crippen LogP contribution in [0.2, 0.25) is 0 Å². The average Bonchev–Trinajstić information content (AvgIpc) is 2.60. The highest BCUT2D eigenvalue weighted by Crippen LogP contribution is 2.25. The molecule has 2 aromatic rings. The van der Waals surface area contributed by atoms with Gasteiger partial charge in [0.15, 0.2) is 0 Å². The predicted octanol–water partition coefficient (Wildman–Crippen LogP) is 1.56. The molecule has 2 rings (SSSR count). The van der Waals surface area contributed by atoms with Crippen molar-refractivity contribution in [3.05, 3.63) is 27.9 Å². The summed E-state index contributed by atoms with van der Waals surface area (Å²) < 4.78 is 37.8. The third kappa shape index (κ3) is 2.02. The van der Waals surface area contributed by atoms with Gasteiger partial charge in [-0.05, 0) is 5.92 Å². The Bertz CT molecular complexity index is 611. The van der Waals surface area contributed by atoms with Crippen molar-refractivity contribution in [2.75, 3.05) is 0 Å². The van der Waals surface area contributed by atoms with Gasteiger partial charge in [-0.3, -0.25) is 9.89 Å². The fourth-order valence-electron chi connectivity index (χ4n) is 1.32. The highest BCUT2D eigenvalue weighted by atomic mass is 19.4. The third-order valence-corrected chi connectivity index (χ3v) is 2.21. The Kier molecular flexibility index (Phi) is 2.44. The molecule has 1 N–H and O–H groups in total. The number of halogens is 3. The van der Waals surface area contributed by atoms with Crippen molar-refractivity contribution in [3.63, 3.8) is 0 Å². The molecule has 17 heavy (non-hydrogen) atoms. The quantitative estimate of drug-likeness (QED) is 0.830. The monoisotopic (exact) mass is 246 g/mol. The standard InChI is InChI=1S/C9H9F3N4O/c1-4(2)5-3-6(17)16-8(13-5)14-7(15-16)9(10,11)12/h3-4H,1-2H3,(H,13,14,15). The molecule has 5 nitrogen and oxygen atoms in total. The van der Waals surface area contributed by atoms with Gasteiger partial charge in [0.2, 0.25) is 5.82 Å². The first kappa shape index (κ1) is 11.6. The largest absolute Gasteiger partial charge is 0.451 e. The number of hydrogen-bond acceptors (Lipinski definition) is 3. The molecular weight excluding hydrogens is 237 g/mol. The van der Waals surface area contributed by atoms with Crippen molar-refractivity contribution in [3.8, 4) is 0 Å². The second-order valence-electron chi connectivity index (χ2n) is 3.88. The average molecular weight is 246 g/mol. The lowest BCUT2D eigenvalue weighted by atomic mass is 10.1. The maximum Gasteiger partial charge on any atom is 0.451 e. The predicted molar refractivity (Wildman–Crippen MR) is 52.7 cm³/mol. The third-order valence-electron chi connectivity index (χ3n) is 2.21. The molecule has 0 amide bonds. The van der Waals surface area contributed by atoms with E-state index in [2.05, 4.69) is 9.97 Å². The van der Waals surface area contributed by atoms with Gasteiger partial charge in [0.25, 0.3) is 11.3 Å². The van der Waals surface area contributed by atoms with Gasteiger partial charge in [0.1, 0.15) is 0 Å². The van der Waals surface area contributed by atoms with Crippen LogP contribution in [0.4, 0.5) is 13.2 Å². The molecule has 2 aromatic heterocycles. The normalized spacial score (nSPS) is 12.6. The van der Waals surface area contributed by atoms with E-state index in [1.54, 1.807) is 13.8 Å². The van der Waals surface area contributed by atoms with Gasteiger partial charge in [-0.2, -0.15) is 22.7 Å². The summed E-state index contributed by atoms with van der Waals surface area (Å²) in [7, 11) is 0. The van der Waals surface area contributed by atoms with E-state index < -0.39 is 17.6 Å². The molecule has 0 spiro atoms. The first-order chi connectivity index (χ1) is 7.79. The van der Waals surface area contributed by atoms with E-state index in [1.807, 2.05) is 5.10 Å². The van der Waals surface area contributed by atoms with Gasteiger partial charge >= 0.3 is 6.18 Å². The fraction of sp³-hybridized carbons (Fsp3) is 0.444. The van der Waals surface area contributed by atoms with Gasteiger partial charge in [-0.15, -0.1) is 0 Å². The summed E-state index contributed by atoms with van der Waals surface area (Å²) in [6.07, 6.45) is -4.63. The Balaban J connectivity index is 2.70. The number of fused-ring (bicyclic) bond motifs is 1. The van der Waals surface area contributed by atoms with Crippen LogP contribution in [0, 0.1) is 0 Å². The second kappa shape index (κ2) is 3.57. The Morgan fingerprint density at radius 3 is 2.53 bits per heavy atom. The summed E-state index contributed by atoms with van der Waals surface area (Å²) in [5, 5.41) is 1.88. The van der Waals surface area contributed by atoms with Gasteiger partial charge in [-0.25, -0.2) is 4.98 Å². The minimum atomic E-state index is -4.63. The van der Waals surface area contributed by atoms with Crippen molar-refractivity contribution in [2.45, 2.75) is 25.9 Å². The van der Waals surface area contributed by atoms with Crippen LogP contribution in [0.1, 0.15) is 31.3 Å². The number of aromatic nitrogens is 4. The van der Waals surface area contributed by atoms with Crippen molar-refractivity contribution >= 4 is 5.78 Å². The SMILES string of the molecule is CC(C)c1cc(=O)n2[nH]c(C(F)(F)F)nc2n1. The second-order valence-corrected chi connectivity index (χ2v) is 3.88. The Hall–Kier alpha value is -1.86. The van der Waals surface area contributed by atoms with E-state index >= 15 is 0 Å². The molecule has 0 unspecified atom stereocenters. The van der Waals surface area contributed by atoms with E-state index in [0.717, 1.165) is 0 Å². The Labute approximate surface area is 93.3 Å². The number of rotatable bonds is 1. The van der Waals surface area contributed by atoms with Gasteiger partial charge in [0, 0.05) is 6.07 Å². The highest BCUT2D eigenvalue weighted by Gasteiger charge is 2.35. The van der Waals surface area contributed by atoms with Crippen LogP contribution < -0.4 is 5.56 Å². The van der Waals surface area contributed by atoms with E-state index in [4.69, 9.17) is 0 Å². The number of H-pyrrole nitrogens is 1. The van der Waals surface area contributed by atoms with Crippen LogP contribution >= 0.6 is 0 Å². The van der Waals surface area contributed by atoms with Crippen molar-refractivity contribution in [1.82, 2.24) is 19.6 Å². The molecule has 0 aromatic carbocycles. The topological polar surface area (TPSA) is 63.0 Å². The smallest absolute Gasteiger partial charge is 0.267 e. The molecule has 0 saturated heterocycles. The number of alkyl halides is 3. The number of hydrogen-bond donors (Lipinski definition) is 1. The molecule has 8 heteroatoms. The highest BCUT2D eigenvalue weighted by molar-refractivity contribution is 5.29. The molecule has 0 saturated carbocycles. The van der Waals surface area contributed by atoms with E-state index in [0.29, 0.717) is 10.2 Å². The van der Waals surface area contributed by atoms with E-state index in [-0.39, 0.29) is 11.7 Å². The van der Waals surface area contributed by atoms with Crippen LogP contribution in [-0.4, -0.2) is 19.6 Å². The summed E-state index contributed by atoms with van der Waals surface area (Å²) >= 11 is 0. The zero-order valence-corrected chi connectivity index (χ0v) is 9.04. The summed E-state index contributed by atoms with van der Waals surface area (Å²) in [5.74, 6) is -1.56. The lowest BCUT2D eigenvalue weighted by molar-refractivity contribution is -0.144. The molecule has 0 aliphatic carbocycles. The van der Waals surface area contributed by atoms with Gasteiger partial charge < -0.3 is 0 Å². The molecule has 0 aliphatic rings. The first-order valence-electron chi connectivity index (χ1n) is 4.86. The van der Waals surface area contributed by atoms with Crippen molar-refractivity contribution in [1.29, 1.82) is 0 Å². The van der Waals surface area contributed by atoms with Crippen LogP contribution in [0.5, 0.6) is 0 Å². The number of aromatic amines is 1. The van der Waals surface area contributed by atoms with E-state index in [1.165, 1.54) is 6.07 Å². The minimum Gasteiger partial charge on any atom is -0.267 e. The zero-order valence-electron chi connectivity index (χ0n) is 9.04. The Morgan fingerprint density at radius 1 is 1.35 bits per heavy atom. The lowest BCUT2D eigenvalue weighted by Gasteiger charge is -2.01. The lowest BCUT2D eigenvalue weighted by Crippen LogP contribution is -2.17. The summed E-state index contributed by atoms with van der Waals surface area (Å²) in [5.41, 5.74) is -0.197. The molecule has 0 bridgehead atoms. The van der Waals surface area contributed by atoms with Crippen molar-refractivity contribution < 1.29 is 13.2 Å². The molecule has 0 aliphatic heterocycles. The minimum absolute atomic E-state index is 0.0567. The first-order valence-corrected chi connectivity index (χ1v) is 4.86. The number of nitrogens with one attached hydrogen (secondary N) is 1. The van der Waals surface area contributed by atoms with Crippen LogP contribution in [0.3, 0.4) is 0 Å². The molecule has 0 atom stereocenters. The molecule has 2 heterocycles. The molecule has 0 radical (unpaired) electrons. The van der Waals surface area contributed by atoms with E-state index in [9.17, 15) is 18.0 Å². The van der Waals surface area contributed by atoms with Crippen molar-refractivity contribution in [2.24, 2.45) is 0 Å². The summed E-state index contributed by atoms with van der Waals surface area (Å²) in [6, 6.07) is 1.19. The summed E-state index contributed by atoms with van der Waals surface area (Å²) in [6.45, 7) is 3.57. The number of nitrogens with zero attached hydrogens (tertiary/aromatic N) is 3. The fourth-order valence-corrected chi connectivity index (χ4v) is 1.32. The molecular formula is C9H9F3N4O. The summed E-state index contributed by atoms with van der Waals surface area (Å²) in [4.78, 5) is 18.7. The Morgan fingerprint density at radius 2 is 2.00 bits per heavy atom. The molecule has 0 fully saturated rings. The maximum atomic E-state index is 12.4.